The third-order valence-electron chi connectivity index (χ3n) is 5.74. The Kier molecular flexibility index (Phi) is 6.05. The Bertz CT molecular complexity index is 1130. The average Bonchev–Trinajstić information content (AvgIpc) is 3.45. The maximum atomic E-state index is 5.98. The minimum absolute atomic E-state index is 0. The maximum Gasteiger partial charge on any atom is 0.230 e. The molecule has 0 spiro atoms. The van der Waals surface area contributed by atoms with Crippen LogP contribution in [-0.2, 0) is 6.61 Å². The molecule has 5 heteroatoms. The summed E-state index contributed by atoms with van der Waals surface area (Å²) in [5, 5.41) is 6.48. The van der Waals surface area contributed by atoms with Gasteiger partial charge in [0.1, 0.15) is 12.4 Å². The van der Waals surface area contributed by atoms with Crippen molar-refractivity contribution < 1.29 is 9.26 Å². The van der Waals surface area contributed by atoms with Crippen LogP contribution in [-0.4, -0.2) is 10.1 Å². The van der Waals surface area contributed by atoms with Crippen molar-refractivity contribution in [1.29, 1.82) is 0 Å². The van der Waals surface area contributed by atoms with E-state index in [0.717, 1.165) is 40.8 Å². The zero-order chi connectivity index (χ0) is 19.6. The van der Waals surface area contributed by atoms with Crippen LogP contribution < -0.4 is 4.74 Å². The van der Waals surface area contributed by atoms with Gasteiger partial charge in [0.05, 0.1) is 0 Å². The SMILES string of the molecule is Cc1ccc(COc2ccc3cc(-c4noc(C5CCCC5)n4)ccc3c2)cc1.Cl. The summed E-state index contributed by atoms with van der Waals surface area (Å²) in [4.78, 5) is 4.65. The normalized spacial score (nSPS) is 14.0. The van der Waals surface area contributed by atoms with Gasteiger partial charge in [-0.15, -0.1) is 12.4 Å². The van der Waals surface area contributed by atoms with Crippen LogP contribution in [0.5, 0.6) is 5.75 Å². The monoisotopic (exact) mass is 420 g/mol. The van der Waals surface area contributed by atoms with Gasteiger partial charge in [0.2, 0.25) is 11.7 Å². The molecule has 154 valence electrons. The van der Waals surface area contributed by atoms with Crippen LogP contribution in [0.4, 0.5) is 0 Å². The highest BCUT2D eigenvalue weighted by Crippen LogP contribution is 2.34. The van der Waals surface area contributed by atoms with E-state index in [9.17, 15) is 0 Å². The molecule has 1 aliphatic carbocycles. The summed E-state index contributed by atoms with van der Waals surface area (Å²) in [5.74, 6) is 2.77. The van der Waals surface area contributed by atoms with Crippen molar-refractivity contribution in [3.8, 4) is 17.1 Å². The molecule has 0 amide bonds. The van der Waals surface area contributed by atoms with E-state index in [1.54, 1.807) is 0 Å². The second-order valence-corrected chi connectivity index (χ2v) is 7.94. The van der Waals surface area contributed by atoms with Gasteiger partial charge in [0.15, 0.2) is 0 Å². The molecule has 4 nitrogen and oxygen atoms in total. The quantitative estimate of drug-likeness (QED) is 0.354. The average molecular weight is 421 g/mol. The molecule has 0 saturated heterocycles. The fraction of sp³-hybridized carbons (Fsp3) is 0.280. The molecule has 1 aliphatic rings. The van der Waals surface area contributed by atoms with Gasteiger partial charge >= 0.3 is 0 Å². The Balaban J connectivity index is 0.00000218. The van der Waals surface area contributed by atoms with Gasteiger partial charge in [0.25, 0.3) is 0 Å². The van der Waals surface area contributed by atoms with Gasteiger partial charge in [-0.25, -0.2) is 0 Å². The summed E-state index contributed by atoms with van der Waals surface area (Å²) in [6.45, 7) is 2.66. The standard InChI is InChI=1S/C25H24N2O2.ClH/c1-17-6-8-18(9-7-17)16-28-23-13-12-20-14-22(11-10-21(20)15-23)24-26-25(29-27-24)19-4-2-3-5-19;/h6-15,19H,2-5,16H2,1H3;1H. The zero-order valence-electron chi connectivity index (χ0n) is 17.0. The molecule has 0 unspecified atom stereocenters. The summed E-state index contributed by atoms with van der Waals surface area (Å²) in [6.07, 6.45) is 4.83. The second kappa shape index (κ2) is 8.88. The molecule has 0 aliphatic heterocycles. The number of hydrogen-bond donors (Lipinski definition) is 0. The van der Waals surface area contributed by atoms with E-state index in [-0.39, 0.29) is 12.4 Å². The van der Waals surface area contributed by atoms with Crippen LogP contribution >= 0.6 is 12.4 Å². The minimum Gasteiger partial charge on any atom is -0.489 e. The fourth-order valence-electron chi connectivity index (χ4n) is 3.99. The smallest absolute Gasteiger partial charge is 0.230 e. The number of fused-ring (bicyclic) bond motifs is 1. The van der Waals surface area contributed by atoms with E-state index in [1.807, 2.05) is 6.07 Å². The topological polar surface area (TPSA) is 48.2 Å². The van der Waals surface area contributed by atoms with E-state index < -0.39 is 0 Å². The first-order valence-electron chi connectivity index (χ1n) is 10.3. The van der Waals surface area contributed by atoms with Crippen LogP contribution in [0.3, 0.4) is 0 Å². The van der Waals surface area contributed by atoms with E-state index in [4.69, 9.17) is 9.26 Å². The molecular formula is C25H25ClN2O2. The van der Waals surface area contributed by atoms with Crippen molar-refractivity contribution >= 4 is 23.2 Å². The van der Waals surface area contributed by atoms with E-state index in [1.165, 1.54) is 24.0 Å². The van der Waals surface area contributed by atoms with Crippen molar-refractivity contribution in [3.05, 3.63) is 77.7 Å². The first-order valence-corrected chi connectivity index (χ1v) is 10.3. The molecule has 3 aromatic carbocycles. The number of nitrogens with zero attached hydrogens (tertiary/aromatic N) is 2. The molecule has 1 saturated carbocycles. The highest BCUT2D eigenvalue weighted by Gasteiger charge is 2.23. The van der Waals surface area contributed by atoms with Gasteiger partial charge in [-0.3, -0.25) is 0 Å². The van der Waals surface area contributed by atoms with E-state index in [0.29, 0.717) is 18.3 Å². The van der Waals surface area contributed by atoms with Crippen molar-refractivity contribution in [2.24, 2.45) is 0 Å². The lowest BCUT2D eigenvalue weighted by atomic mass is 10.1. The minimum atomic E-state index is 0. The lowest BCUT2D eigenvalue weighted by molar-refractivity contribution is 0.306. The van der Waals surface area contributed by atoms with Crippen LogP contribution in [0.15, 0.2) is 65.2 Å². The Morgan fingerprint density at radius 1 is 0.933 bits per heavy atom. The lowest BCUT2D eigenvalue weighted by Crippen LogP contribution is -1.95. The number of aryl methyl sites for hydroxylation is 1. The molecule has 0 bridgehead atoms. The first-order chi connectivity index (χ1) is 14.2. The summed E-state index contributed by atoms with van der Waals surface area (Å²) in [5.41, 5.74) is 3.41. The number of hydrogen-bond acceptors (Lipinski definition) is 4. The van der Waals surface area contributed by atoms with Gasteiger partial charge in [0, 0.05) is 11.5 Å². The zero-order valence-corrected chi connectivity index (χ0v) is 17.8. The molecule has 4 aromatic rings. The molecule has 1 aromatic heterocycles. The van der Waals surface area contributed by atoms with Crippen molar-refractivity contribution in [2.75, 3.05) is 0 Å². The Hall–Kier alpha value is -2.85. The van der Waals surface area contributed by atoms with Crippen molar-refractivity contribution in [3.63, 3.8) is 0 Å². The largest absolute Gasteiger partial charge is 0.489 e. The summed E-state index contributed by atoms with van der Waals surface area (Å²) in [7, 11) is 0. The Morgan fingerprint density at radius 2 is 1.67 bits per heavy atom. The highest BCUT2D eigenvalue weighted by molar-refractivity contribution is 5.87. The Labute approximate surface area is 182 Å². The molecule has 0 N–H and O–H groups in total. The van der Waals surface area contributed by atoms with Crippen LogP contribution in [0.25, 0.3) is 22.2 Å². The molecule has 1 fully saturated rings. The Morgan fingerprint density at radius 3 is 2.47 bits per heavy atom. The molecule has 0 radical (unpaired) electrons. The van der Waals surface area contributed by atoms with Crippen molar-refractivity contribution in [1.82, 2.24) is 10.1 Å². The van der Waals surface area contributed by atoms with Gasteiger partial charge in [-0.05, 0) is 54.3 Å². The maximum absolute atomic E-state index is 5.98. The van der Waals surface area contributed by atoms with Crippen LogP contribution in [0, 0.1) is 6.92 Å². The van der Waals surface area contributed by atoms with Gasteiger partial charge in [-0.1, -0.05) is 66.0 Å². The fourth-order valence-corrected chi connectivity index (χ4v) is 3.99. The summed E-state index contributed by atoms with van der Waals surface area (Å²) in [6, 6.07) is 20.9. The third kappa shape index (κ3) is 4.34. The van der Waals surface area contributed by atoms with Gasteiger partial charge < -0.3 is 9.26 Å². The van der Waals surface area contributed by atoms with Crippen molar-refractivity contribution in [2.45, 2.75) is 45.1 Å². The van der Waals surface area contributed by atoms with E-state index in [2.05, 4.69) is 71.7 Å². The van der Waals surface area contributed by atoms with Crippen LogP contribution in [0.2, 0.25) is 0 Å². The molecule has 30 heavy (non-hydrogen) atoms. The third-order valence-corrected chi connectivity index (χ3v) is 5.74. The number of aromatic nitrogens is 2. The number of halogens is 1. The van der Waals surface area contributed by atoms with E-state index >= 15 is 0 Å². The highest BCUT2D eigenvalue weighted by atomic mass is 35.5. The number of ether oxygens (including phenoxy) is 1. The lowest BCUT2D eigenvalue weighted by Gasteiger charge is -2.08. The number of benzene rings is 3. The summed E-state index contributed by atoms with van der Waals surface area (Å²) >= 11 is 0. The molecular weight excluding hydrogens is 396 g/mol. The predicted octanol–water partition coefficient (Wildman–Crippen LogP) is 6.86. The summed E-state index contributed by atoms with van der Waals surface area (Å²) < 4.78 is 11.5. The number of rotatable bonds is 5. The molecule has 1 heterocycles. The first kappa shape index (κ1) is 20.4. The van der Waals surface area contributed by atoms with Gasteiger partial charge in [-0.2, -0.15) is 4.98 Å². The predicted molar refractivity (Wildman–Crippen MR) is 121 cm³/mol. The molecule has 0 atom stereocenters. The molecule has 5 rings (SSSR count). The second-order valence-electron chi connectivity index (χ2n) is 7.94. The van der Waals surface area contributed by atoms with Crippen LogP contribution in [0.1, 0.15) is 48.6 Å².